The zero-order chi connectivity index (χ0) is 59.8. The van der Waals surface area contributed by atoms with Gasteiger partial charge in [-0.25, -0.2) is 0 Å². The molecular formula is C78H138O5. The van der Waals surface area contributed by atoms with Crippen LogP contribution in [0.2, 0.25) is 0 Å². The maximum Gasteiger partial charge on any atom is 0.306 e. The third-order valence-electron chi connectivity index (χ3n) is 16.1. The molecule has 83 heavy (non-hydrogen) atoms. The number of esters is 2. The molecule has 5 nitrogen and oxygen atoms in total. The quantitative estimate of drug-likeness (QED) is 0.0373. The third-order valence-corrected chi connectivity index (χ3v) is 16.1. The summed E-state index contributed by atoms with van der Waals surface area (Å²) >= 11 is 0. The molecule has 0 amide bonds. The summed E-state index contributed by atoms with van der Waals surface area (Å²) in [7, 11) is 0. The lowest BCUT2D eigenvalue weighted by molar-refractivity contribution is -0.161. The van der Waals surface area contributed by atoms with Crippen molar-refractivity contribution in [1.82, 2.24) is 0 Å². The van der Waals surface area contributed by atoms with Crippen molar-refractivity contribution in [2.45, 2.75) is 373 Å². The van der Waals surface area contributed by atoms with E-state index in [2.05, 4.69) is 111 Å². The van der Waals surface area contributed by atoms with E-state index < -0.39 is 6.10 Å². The molecule has 480 valence electrons. The van der Waals surface area contributed by atoms with E-state index in [1.165, 1.54) is 250 Å². The molecule has 0 aromatic rings. The Morgan fingerprint density at radius 3 is 0.783 bits per heavy atom. The number of rotatable bonds is 67. The Labute approximate surface area is 517 Å². The van der Waals surface area contributed by atoms with Crippen molar-refractivity contribution >= 4 is 11.9 Å². The molecule has 0 saturated carbocycles. The van der Waals surface area contributed by atoms with Crippen LogP contribution in [0.15, 0.2) is 97.2 Å². The second kappa shape index (κ2) is 73.1. The van der Waals surface area contributed by atoms with Crippen LogP contribution in [0.5, 0.6) is 0 Å². The molecular weight excluding hydrogens is 1020 g/mol. The molecule has 0 aromatic heterocycles. The minimum absolute atomic E-state index is 0.0642. The Morgan fingerprint density at radius 2 is 0.518 bits per heavy atom. The molecule has 1 N–H and O–H groups in total. The van der Waals surface area contributed by atoms with E-state index in [-0.39, 0.29) is 25.2 Å². The number of ether oxygens (including phenoxy) is 2. The van der Waals surface area contributed by atoms with Gasteiger partial charge in [-0.05, 0) is 77.0 Å². The van der Waals surface area contributed by atoms with Crippen molar-refractivity contribution in [3.05, 3.63) is 97.2 Å². The van der Waals surface area contributed by atoms with Gasteiger partial charge >= 0.3 is 11.9 Å². The van der Waals surface area contributed by atoms with Gasteiger partial charge in [-0.1, -0.05) is 374 Å². The molecule has 0 radical (unpaired) electrons. The van der Waals surface area contributed by atoms with E-state index in [0.29, 0.717) is 12.8 Å². The van der Waals surface area contributed by atoms with Crippen molar-refractivity contribution in [1.29, 1.82) is 0 Å². The molecule has 0 aliphatic heterocycles. The van der Waals surface area contributed by atoms with Crippen LogP contribution in [0.4, 0.5) is 0 Å². The minimum Gasteiger partial charge on any atom is -0.462 e. The molecule has 0 bridgehead atoms. The molecule has 0 saturated heterocycles. The average molecular weight is 1160 g/mol. The zero-order valence-electron chi connectivity index (χ0n) is 55.2. The van der Waals surface area contributed by atoms with E-state index in [1.54, 1.807) is 0 Å². The van der Waals surface area contributed by atoms with Crippen molar-refractivity contribution in [2.24, 2.45) is 0 Å². The van der Waals surface area contributed by atoms with E-state index in [1.807, 2.05) is 0 Å². The maximum absolute atomic E-state index is 12.4. The Morgan fingerprint density at radius 1 is 0.289 bits per heavy atom. The highest BCUT2D eigenvalue weighted by molar-refractivity contribution is 5.70. The Balaban J connectivity index is 3.45. The minimum atomic E-state index is -0.776. The van der Waals surface area contributed by atoms with Gasteiger partial charge in [0.1, 0.15) is 6.61 Å². The Bertz CT molecular complexity index is 1550. The van der Waals surface area contributed by atoms with Crippen LogP contribution >= 0.6 is 0 Å². The monoisotopic (exact) mass is 1160 g/mol. The SMILES string of the molecule is CC/C=C\C/C=C\C/C=C\C/C=C\C/C=C\C/C=C\C/C=C\C/C=C\CCCCCCCCCCCCCCCCC(=O)OC(CO)COC(=O)CCCCCCCCCCCCCCCCCCCCCCCCCCCCCCCC. The van der Waals surface area contributed by atoms with E-state index in [9.17, 15) is 14.7 Å². The van der Waals surface area contributed by atoms with Crippen LogP contribution in [0, 0.1) is 0 Å². The molecule has 0 fully saturated rings. The predicted octanol–water partition coefficient (Wildman–Crippen LogP) is 25.4. The standard InChI is InChI=1S/C78H138O5/c1-3-5-7-9-11-13-15-17-19-21-23-25-27-29-31-33-35-36-37-38-39-40-41-42-43-45-47-49-51-53-55-57-59-61-63-65-67-69-71-73-78(81)83-76(74-79)75-82-77(80)72-70-68-66-64-62-60-58-56-54-52-50-48-46-44-34-32-30-28-26-24-22-20-18-16-14-12-10-8-6-4-2/h5,7,11,13,17,19,23,25,29,31,35-36,38-39,41-42,76,79H,3-4,6,8-10,12,14-16,18,20-22,24,26-28,30,32-34,37,40,43-75H2,1-2H3/b7-5-,13-11-,19-17-,25-23-,31-29-,36-35-,39-38-,42-41-. The predicted molar refractivity (Wildman–Crippen MR) is 366 cm³/mol. The Kier molecular flexibility index (Phi) is 70.3. The van der Waals surface area contributed by atoms with Crippen molar-refractivity contribution in [3.63, 3.8) is 0 Å². The molecule has 0 heterocycles. The summed E-state index contributed by atoms with van der Waals surface area (Å²) in [6.45, 7) is 4.07. The van der Waals surface area contributed by atoms with Crippen LogP contribution < -0.4 is 0 Å². The van der Waals surface area contributed by atoms with E-state index >= 15 is 0 Å². The summed E-state index contributed by atoms with van der Waals surface area (Å²) < 4.78 is 10.8. The summed E-state index contributed by atoms with van der Waals surface area (Å²) in [5.41, 5.74) is 0. The smallest absolute Gasteiger partial charge is 0.306 e. The number of unbranched alkanes of at least 4 members (excludes halogenated alkanes) is 43. The number of aliphatic hydroxyl groups excluding tert-OH is 1. The number of hydrogen-bond acceptors (Lipinski definition) is 5. The van der Waals surface area contributed by atoms with Gasteiger partial charge in [0.25, 0.3) is 0 Å². The third kappa shape index (κ3) is 71.2. The summed E-state index contributed by atoms with van der Waals surface area (Å²) in [5, 5.41) is 9.71. The number of hydrogen-bond donors (Lipinski definition) is 1. The molecule has 0 rings (SSSR count). The van der Waals surface area contributed by atoms with Gasteiger partial charge in [-0.3, -0.25) is 9.59 Å². The van der Waals surface area contributed by atoms with Crippen LogP contribution in [-0.2, 0) is 19.1 Å². The van der Waals surface area contributed by atoms with Crippen LogP contribution in [0.25, 0.3) is 0 Å². The lowest BCUT2D eigenvalue weighted by atomic mass is 10.0. The lowest BCUT2D eigenvalue weighted by Crippen LogP contribution is -2.28. The van der Waals surface area contributed by atoms with Gasteiger partial charge in [-0.15, -0.1) is 0 Å². The molecule has 0 aliphatic carbocycles. The summed E-state index contributed by atoms with van der Waals surface area (Å²) in [4.78, 5) is 24.7. The van der Waals surface area contributed by atoms with Crippen molar-refractivity contribution < 1.29 is 24.2 Å². The first kappa shape index (κ1) is 79.8. The fraction of sp³-hybridized carbons (Fsp3) is 0.769. The fourth-order valence-electron chi connectivity index (χ4n) is 10.8. The molecule has 0 aliphatic rings. The molecule has 1 unspecified atom stereocenters. The summed E-state index contributed by atoms with van der Waals surface area (Å²) in [5.74, 6) is -0.575. The first-order chi connectivity index (χ1) is 41.1. The molecule has 1 atom stereocenters. The van der Waals surface area contributed by atoms with Gasteiger partial charge in [0.05, 0.1) is 6.61 Å². The van der Waals surface area contributed by atoms with Crippen LogP contribution in [0.1, 0.15) is 367 Å². The molecule has 0 aromatic carbocycles. The first-order valence-electron chi connectivity index (χ1n) is 36.3. The summed E-state index contributed by atoms with van der Waals surface area (Å²) in [6, 6.07) is 0. The van der Waals surface area contributed by atoms with E-state index in [0.717, 1.165) is 89.9 Å². The summed E-state index contributed by atoms with van der Waals surface area (Å²) in [6.07, 6.45) is 105. The lowest BCUT2D eigenvalue weighted by Gasteiger charge is -2.15. The van der Waals surface area contributed by atoms with Crippen molar-refractivity contribution in [3.8, 4) is 0 Å². The normalized spacial score (nSPS) is 12.8. The highest BCUT2D eigenvalue weighted by atomic mass is 16.6. The van der Waals surface area contributed by atoms with Gasteiger partial charge < -0.3 is 14.6 Å². The van der Waals surface area contributed by atoms with Gasteiger partial charge in [0.15, 0.2) is 6.10 Å². The van der Waals surface area contributed by atoms with Crippen molar-refractivity contribution in [2.75, 3.05) is 13.2 Å². The van der Waals surface area contributed by atoms with Crippen LogP contribution in [-0.4, -0.2) is 36.4 Å². The number of carbonyl (C=O) groups excluding carboxylic acids is 2. The first-order valence-corrected chi connectivity index (χ1v) is 36.3. The highest BCUT2D eigenvalue weighted by Crippen LogP contribution is 2.19. The zero-order valence-corrected chi connectivity index (χ0v) is 55.2. The number of aliphatic hydroxyl groups is 1. The molecule has 5 heteroatoms. The van der Waals surface area contributed by atoms with E-state index in [4.69, 9.17) is 9.47 Å². The number of allylic oxidation sites excluding steroid dienone is 16. The second-order valence-electron chi connectivity index (χ2n) is 24.3. The van der Waals surface area contributed by atoms with Gasteiger partial charge in [0.2, 0.25) is 0 Å². The average Bonchev–Trinajstić information content (AvgIpc) is 3.49. The Hall–Kier alpha value is -3.18. The number of carbonyl (C=O) groups is 2. The van der Waals surface area contributed by atoms with Gasteiger partial charge in [-0.2, -0.15) is 0 Å². The molecule has 0 spiro atoms. The largest absolute Gasteiger partial charge is 0.462 e. The fourth-order valence-corrected chi connectivity index (χ4v) is 10.8. The van der Waals surface area contributed by atoms with Gasteiger partial charge in [0, 0.05) is 12.8 Å². The highest BCUT2D eigenvalue weighted by Gasteiger charge is 2.16. The maximum atomic E-state index is 12.4. The second-order valence-corrected chi connectivity index (χ2v) is 24.3. The van der Waals surface area contributed by atoms with Crippen LogP contribution in [0.3, 0.4) is 0 Å². The topological polar surface area (TPSA) is 72.8 Å².